The van der Waals surface area contributed by atoms with Gasteiger partial charge in [0, 0.05) is 57.1 Å². The number of carbonyl (C=O) groups is 1. The minimum absolute atomic E-state index is 0.0201. The number of hydrogen-bond acceptors (Lipinski definition) is 6. The number of amides is 1. The number of nitriles is 1. The molecule has 2 atom stereocenters. The van der Waals surface area contributed by atoms with Gasteiger partial charge in [-0.3, -0.25) is 19.6 Å². The second-order valence-electron chi connectivity index (χ2n) is 8.44. The number of rotatable bonds is 7. The van der Waals surface area contributed by atoms with E-state index >= 15 is 0 Å². The van der Waals surface area contributed by atoms with E-state index in [1.807, 2.05) is 25.1 Å². The first kappa shape index (κ1) is 21.4. The van der Waals surface area contributed by atoms with Crippen molar-refractivity contribution in [3.05, 3.63) is 65.0 Å². The highest BCUT2D eigenvalue weighted by molar-refractivity contribution is 5.78. The Balaban J connectivity index is 1.20. The number of pyridine rings is 1. The first-order valence-corrected chi connectivity index (χ1v) is 10.9. The van der Waals surface area contributed by atoms with Crippen LogP contribution in [0.1, 0.15) is 22.5 Å². The van der Waals surface area contributed by atoms with Gasteiger partial charge in [-0.25, -0.2) is 0 Å². The largest absolute Gasteiger partial charge is 0.370 e. The van der Waals surface area contributed by atoms with Crippen molar-refractivity contribution in [1.82, 2.24) is 20.1 Å². The number of fused-ring (bicyclic) bond motifs is 2. The number of benzene rings is 1. The molecule has 3 heterocycles. The molecule has 7 heteroatoms. The molecular weight excluding hydrogens is 390 g/mol. The van der Waals surface area contributed by atoms with Crippen molar-refractivity contribution >= 4 is 5.91 Å². The van der Waals surface area contributed by atoms with Crippen LogP contribution in [0.3, 0.4) is 0 Å². The van der Waals surface area contributed by atoms with E-state index in [4.69, 9.17) is 10.00 Å². The summed E-state index contributed by atoms with van der Waals surface area (Å²) in [4.78, 5) is 21.7. The number of morpholine rings is 2. The number of aryl methyl sites for hydroxylation is 1. The summed E-state index contributed by atoms with van der Waals surface area (Å²) in [5.74, 6) is 0.0201. The predicted molar refractivity (Wildman–Crippen MR) is 117 cm³/mol. The molecule has 2 aliphatic heterocycles. The molecule has 2 aromatic rings. The minimum Gasteiger partial charge on any atom is -0.370 e. The molecule has 1 aromatic carbocycles. The maximum atomic E-state index is 12.4. The predicted octanol–water partition coefficient (Wildman–Crippen LogP) is 1.51. The lowest BCUT2D eigenvalue weighted by molar-refractivity contribution is -0.144. The minimum atomic E-state index is 0.0201. The van der Waals surface area contributed by atoms with Crippen molar-refractivity contribution < 1.29 is 9.53 Å². The average Bonchev–Trinajstić information content (AvgIpc) is 2.76. The second-order valence-corrected chi connectivity index (χ2v) is 8.44. The van der Waals surface area contributed by atoms with Crippen LogP contribution in [0.15, 0.2) is 42.5 Å². The van der Waals surface area contributed by atoms with Gasteiger partial charge in [-0.2, -0.15) is 5.26 Å². The smallest absolute Gasteiger partial charge is 0.234 e. The molecule has 2 unspecified atom stereocenters. The van der Waals surface area contributed by atoms with E-state index in [9.17, 15) is 4.79 Å². The monoisotopic (exact) mass is 419 g/mol. The van der Waals surface area contributed by atoms with Crippen LogP contribution in [0, 0.1) is 18.3 Å². The zero-order chi connectivity index (χ0) is 21.6. The first-order chi connectivity index (χ1) is 15.1. The standard InChI is InChI=1S/C24H29N5O2/c1-18-3-2-4-21(27-18)9-10-28-13-22-15-29(16-23(14-28)31-22)17-24(30)26-12-20-7-5-19(11-25)6-8-20/h2-8,22-23H,9-10,12-17H2,1H3,(H,26,30). The summed E-state index contributed by atoms with van der Waals surface area (Å²) in [5, 5.41) is 11.8. The highest BCUT2D eigenvalue weighted by atomic mass is 16.5. The van der Waals surface area contributed by atoms with Gasteiger partial charge in [-0.1, -0.05) is 18.2 Å². The Kier molecular flexibility index (Phi) is 6.92. The summed E-state index contributed by atoms with van der Waals surface area (Å²) in [5.41, 5.74) is 3.81. The molecule has 0 saturated carbocycles. The third-order valence-electron chi connectivity index (χ3n) is 5.80. The van der Waals surface area contributed by atoms with Crippen LogP contribution in [-0.4, -0.2) is 72.2 Å². The van der Waals surface area contributed by atoms with Crippen LogP contribution in [0.2, 0.25) is 0 Å². The topological polar surface area (TPSA) is 81.5 Å². The van der Waals surface area contributed by atoms with Gasteiger partial charge in [0.2, 0.25) is 5.91 Å². The van der Waals surface area contributed by atoms with Gasteiger partial charge in [0.15, 0.2) is 0 Å². The molecule has 2 saturated heterocycles. The van der Waals surface area contributed by atoms with Gasteiger partial charge in [0.1, 0.15) is 0 Å². The molecule has 162 valence electrons. The third kappa shape index (κ3) is 6.11. The summed E-state index contributed by atoms with van der Waals surface area (Å²) >= 11 is 0. The summed E-state index contributed by atoms with van der Waals surface area (Å²) < 4.78 is 6.13. The van der Waals surface area contributed by atoms with Gasteiger partial charge >= 0.3 is 0 Å². The van der Waals surface area contributed by atoms with E-state index in [0.717, 1.165) is 56.1 Å². The lowest BCUT2D eigenvalue weighted by atomic mass is 10.1. The Morgan fingerprint density at radius 1 is 1.13 bits per heavy atom. The maximum absolute atomic E-state index is 12.4. The maximum Gasteiger partial charge on any atom is 0.234 e. The number of carbonyl (C=O) groups excluding carboxylic acids is 1. The van der Waals surface area contributed by atoms with Crippen molar-refractivity contribution in [1.29, 1.82) is 5.26 Å². The van der Waals surface area contributed by atoms with E-state index in [-0.39, 0.29) is 18.1 Å². The Labute approximate surface area is 183 Å². The lowest BCUT2D eigenvalue weighted by Crippen LogP contribution is -2.60. The first-order valence-electron chi connectivity index (χ1n) is 10.9. The number of aromatic nitrogens is 1. The van der Waals surface area contributed by atoms with E-state index in [2.05, 4.69) is 38.3 Å². The second kappa shape index (κ2) is 10.0. The highest BCUT2D eigenvalue weighted by Gasteiger charge is 2.35. The quantitative estimate of drug-likeness (QED) is 0.733. The summed E-state index contributed by atoms with van der Waals surface area (Å²) in [6.07, 6.45) is 1.23. The molecule has 0 radical (unpaired) electrons. The van der Waals surface area contributed by atoms with E-state index < -0.39 is 0 Å². The van der Waals surface area contributed by atoms with Crippen molar-refractivity contribution in [3.8, 4) is 6.07 Å². The van der Waals surface area contributed by atoms with Crippen LogP contribution >= 0.6 is 0 Å². The molecule has 7 nitrogen and oxygen atoms in total. The van der Waals surface area contributed by atoms with Crippen LogP contribution < -0.4 is 5.32 Å². The molecule has 1 amide bonds. The number of hydrogen-bond donors (Lipinski definition) is 1. The van der Waals surface area contributed by atoms with Gasteiger partial charge in [0.25, 0.3) is 0 Å². The average molecular weight is 420 g/mol. The van der Waals surface area contributed by atoms with Crippen molar-refractivity contribution in [3.63, 3.8) is 0 Å². The molecular formula is C24H29N5O2. The van der Waals surface area contributed by atoms with Crippen molar-refractivity contribution in [2.75, 3.05) is 39.3 Å². The highest BCUT2D eigenvalue weighted by Crippen LogP contribution is 2.19. The van der Waals surface area contributed by atoms with E-state index in [1.165, 1.54) is 0 Å². The van der Waals surface area contributed by atoms with Gasteiger partial charge < -0.3 is 10.1 Å². The Hall–Kier alpha value is -2.79. The van der Waals surface area contributed by atoms with Crippen LogP contribution in [-0.2, 0) is 22.5 Å². The lowest BCUT2D eigenvalue weighted by Gasteiger charge is -2.45. The van der Waals surface area contributed by atoms with E-state index in [0.29, 0.717) is 18.7 Å². The normalized spacial score (nSPS) is 21.4. The van der Waals surface area contributed by atoms with Gasteiger partial charge in [0.05, 0.1) is 30.4 Å². The fourth-order valence-corrected chi connectivity index (χ4v) is 4.34. The van der Waals surface area contributed by atoms with Crippen LogP contribution in [0.4, 0.5) is 0 Å². The number of nitrogens with one attached hydrogen (secondary N) is 1. The fourth-order valence-electron chi connectivity index (χ4n) is 4.34. The number of nitrogens with zero attached hydrogens (tertiary/aromatic N) is 4. The zero-order valence-electron chi connectivity index (χ0n) is 18.0. The molecule has 4 rings (SSSR count). The summed E-state index contributed by atoms with van der Waals surface area (Å²) in [7, 11) is 0. The zero-order valence-corrected chi connectivity index (χ0v) is 18.0. The molecule has 2 fully saturated rings. The molecule has 2 bridgehead atoms. The van der Waals surface area contributed by atoms with Gasteiger partial charge in [-0.15, -0.1) is 0 Å². The van der Waals surface area contributed by atoms with Crippen molar-refractivity contribution in [2.45, 2.75) is 32.1 Å². The molecule has 31 heavy (non-hydrogen) atoms. The Bertz CT molecular complexity index is 926. The molecule has 1 N–H and O–H groups in total. The SMILES string of the molecule is Cc1cccc(CCN2CC3CN(CC(=O)NCc4ccc(C#N)cc4)CC(C2)O3)n1. The molecule has 0 aliphatic carbocycles. The summed E-state index contributed by atoms with van der Waals surface area (Å²) in [6, 6.07) is 15.6. The van der Waals surface area contributed by atoms with Gasteiger partial charge in [-0.05, 0) is 36.8 Å². The van der Waals surface area contributed by atoms with Crippen LogP contribution in [0.5, 0.6) is 0 Å². The van der Waals surface area contributed by atoms with E-state index in [1.54, 1.807) is 12.1 Å². The van der Waals surface area contributed by atoms with Crippen LogP contribution in [0.25, 0.3) is 0 Å². The molecule has 0 spiro atoms. The molecule has 2 aliphatic rings. The number of ether oxygens (including phenoxy) is 1. The third-order valence-corrected chi connectivity index (χ3v) is 5.80. The fraction of sp³-hybridized carbons (Fsp3) is 0.458. The van der Waals surface area contributed by atoms with Crippen molar-refractivity contribution in [2.24, 2.45) is 0 Å². The summed E-state index contributed by atoms with van der Waals surface area (Å²) in [6.45, 7) is 7.22. The molecule has 1 aromatic heterocycles. The Morgan fingerprint density at radius 2 is 1.84 bits per heavy atom. The Morgan fingerprint density at radius 3 is 2.52 bits per heavy atom.